The number of aldehydes is 1. The van der Waals surface area contributed by atoms with Crippen LogP contribution in [0.5, 0.6) is 0 Å². The summed E-state index contributed by atoms with van der Waals surface area (Å²) in [5, 5.41) is 24.1. The molecule has 2 aliphatic rings. The number of pyridine rings is 2. The predicted octanol–water partition coefficient (Wildman–Crippen LogP) is 2.43. The normalized spacial score (nSPS) is 15.9. The van der Waals surface area contributed by atoms with E-state index in [4.69, 9.17) is 0 Å². The van der Waals surface area contributed by atoms with Gasteiger partial charge in [0.15, 0.2) is 6.29 Å². The second-order valence-corrected chi connectivity index (χ2v) is 11.4. The number of aromatic nitrogens is 2. The molecular weight excluding hydrogens is 560 g/mol. The van der Waals surface area contributed by atoms with Gasteiger partial charge in [0.05, 0.1) is 17.8 Å². The summed E-state index contributed by atoms with van der Waals surface area (Å²) in [4.78, 5) is 62.9. The summed E-state index contributed by atoms with van der Waals surface area (Å²) in [5.41, 5.74) is 2.41. The van der Waals surface area contributed by atoms with Gasteiger partial charge in [-0.3, -0.25) is 29.5 Å². The zero-order chi connectivity index (χ0) is 30.2. The molecule has 1 unspecified atom stereocenters. The number of rotatable bonds is 11. The Labute approximate surface area is 248 Å². The van der Waals surface area contributed by atoms with Crippen molar-refractivity contribution >= 4 is 53.3 Å². The van der Waals surface area contributed by atoms with Gasteiger partial charge in [-0.15, -0.1) is 11.8 Å². The number of amides is 3. The van der Waals surface area contributed by atoms with Crippen LogP contribution in [-0.4, -0.2) is 99.8 Å². The Morgan fingerprint density at radius 3 is 2.79 bits per heavy atom. The average molecular weight is 595 g/mol. The van der Waals surface area contributed by atoms with E-state index in [2.05, 4.69) is 26.7 Å². The van der Waals surface area contributed by atoms with Crippen molar-refractivity contribution in [1.82, 2.24) is 19.8 Å². The van der Waals surface area contributed by atoms with Crippen molar-refractivity contribution in [2.45, 2.75) is 38.0 Å². The van der Waals surface area contributed by atoms with Crippen LogP contribution in [0.3, 0.4) is 0 Å². The van der Waals surface area contributed by atoms with Crippen molar-refractivity contribution in [2.24, 2.45) is 0 Å². The number of aryl methyl sites for hydroxylation is 1. The van der Waals surface area contributed by atoms with E-state index in [0.717, 1.165) is 12.1 Å². The van der Waals surface area contributed by atoms with E-state index in [0.29, 0.717) is 74.5 Å². The van der Waals surface area contributed by atoms with Gasteiger partial charge in [0.1, 0.15) is 28.6 Å². The van der Waals surface area contributed by atoms with Gasteiger partial charge < -0.3 is 15.3 Å². The minimum atomic E-state index is -0.857. The first-order valence-corrected chi connectivity index (χ1v) is 14.8. The molecule has 222 valence electrons. The quantitative estimate of drug-likeness (QED) is 0.258. The summed E-state index contributed by atoms with van der Waals surface area (Å²) >= 11 is 1.31. The Hall–Kier alpha value is -4.22. The van der Waals surface area contributed by atoms with E-state index in [1.165, 1.54) is 22.9 Å². The molecule has 1 fully saturated rings. The van der Waals surface area contributed by atoms with Crippen molar-refractivity contribution in [3.05, 3.63) is 40.7 Å². The number of carboxylic acid groups (broad SMARTS) is 1. The van der Waals surface area contributed by atoms with E-state index < -0.39 is 17.3 Å². The topological polar surface area (TPSA) is 172 Å². The molecule has 2 aliphatic heterocycles. The molecular formula is C28H34N8O5S. The fourth-order valence-corrected chi connectivity index (χ4v) is 5.75. The van der Waals surface area contributed by atoms with Gasteiger partial charge in [-0.2, -0.15) is 5.26 Å². The van der Waals surface area contributed by atoms with Crippen LogP contribution in [0.2, 0.25) is 0 Å². The Morgan fingerprint density at radius 1 is 1.29 bits per heavy atom. The molecule has 14 heteroatoms. The minimum Gasteiger partial charge on any atom is -0.480 e. The average Bonchev–Trinajstić information content (AvgIpc) is 2.97. The van der Waals surface area contributed by atoms with Crippen LogP contribution in [-0.2, 0) is 22.6 Å². The molecule has 2 aromatic rings. The van der Waals surface area contributed by atoms with Crippen LogP contribution >= 0.6 is 11.8 Å². The number of hydrogen-bond acceptors (Lipinski definition) is 10. The Balaban J connectivity index is 1.46. The maximum atomic E-state index is 13.3. The molecule has 0 aliphatic carbocycles. The number of nitrogens with one attached hydrogen (secondary N) is 2. The van der Waals surface area contributed by atoms with Crippen LogP contribution in [0.1, 0.15) is 46.9 Å². The van der Waals surface area contributed by atoms with Crippen molar-refractivity contribution in [1.29, 1.82) is 5.26 Å². The maximum absolute atomic E-state index is 13.3. The number of aliphatic carboxylic acids is 1. The summed E-state index contributed by atoms with van der Waals surface area (Å²) in [6, 6.07) is 5.01. The summed E-state index contributed by atoms with van der Waals surface area (Å²) in [7, 11) is 1.89. The van der Waals surface area contributed by atoms with E-state index in [-0.39, 0.29) is 29.5 Å². The molecule has 1 saturated heterocycles. The lowest BCUT2D eigenvalue weighted by Crippen LogP contribution is -2.48. The summed E-state index contributed by atoms with van der Waals surface area (Å²) < 4.78 is 0. The lowest BCUT2D eigenvalue weighted by atomic mass is 10.0. The van der Waals surface area contributed by atoms with Crippen LogP contribution < -0.4 is 15.5 Å². The number of anilines is 3. The molecule has 0 radical (unpaired) electrons. The third-order valence-electron chi connectivity index (χ3n) is 7.14. The van der Waals surface area contributed by atoms with Gasteiger partial charge in [0.2, 0.25) is 5.91 Å². The number of nitrogens with zero attached hydrogens (tertiary/aromatic N) is 6. The van der Waals surface area contributed by atoms with Crippen LogP contribution in [0.4, 0.5) is 22.1 Å². The van der Waals surface area contributed by atoms with Crippen LogP contribution in [0.25, 0.3) is 0 Å². The van der Waals surface area contributed by atoms with E-state index in [9.17, 15) is 29.5 Å². The number of fused-ring (bicyclic) bond motifs is 1. The molecule has 4 heterocycles. The number of nitriles is 1. The molecule has 0 aromatic carbocycles. The molecule has 42 heavy (non-hydrogen) atoms. The van der Waals surface area contributed by atoms with Gasteiger partial charge in [0.25, 0.3) is 0 Å². The highest BCUT2D eigenvalue weighted by atomic mass is 32.2. The van der Waals surface area contributed by atoms with Gasteiger partial charge in [-0.25, -0.2) is 14.8 Å². The third-order valence-corrected chi connectivity index (χ3v) is 8.52. The third kappa shape index (κ3) is 7.34. The van der Waals surface area contributed by atoms with Crippen LogP contribution in [0.15, 0.2) is 18.3 Å². The van der Waals surface area contributed by atoms with E-state index >= 15 is 0 Å². The lowest BCUT2D eigenvalue weighted by molar-refractivity contribution is -0.137. The zero-order valence-corrected chi connectivity index (χ0v) is 24.4. The van der Waals surface area contributed by atoms with E-state index in [1.54, 1.807) is 11.0 Å². The molecule has 3 N–H and O–H groups in total. The number of likely N-dealkylation sites (N-methyl/N-ethyl adjacent to an activating group) is 1. The monoisotopic (exact) mass is 594 g/mol. The number of piperazine rings is 1. The lowest BCUT2D eigenvalue weighted by Gasteiger charge is -2.33. The van der Waals surface area contributed by atoms with Crippen molar-refractivity contribution in [3.63, 3.8) is 0 Å². The highest BCUT2D eigenvalue weighted by molar-refractivity contribution is 8.00. The highest BCUT2D eigenvalue weighted by Crippen LogP contribution is 2.29. The number of carbonyl (C=O) groups is 4. The number of urea groups is 1. The molecule has 4 rings (SSSR count). The number of thioether (sulfide) groups is 1. The Morgan fingerprint density at radius 2 is 2.10 bits per heavy atom. The predicted molar refractivity (Wildman–Crippen MR) is 159 cm³/mol. The van der Waals surface area contributed by atoms with Crippen molar-refractivity contribution in [2.75, 3.05) is 61.1 Å². The second-order valence-electron chi connectivity index (χ2n) is 10.1. The number of hydrogen-bond donors (Lipinski definition) is 3. The molecule has 3 amide bonds. The Kier molecular flexibility index (Phi) is 10.3. The number of carboxylic acids is 1. The molecule has 0 bridgehead atoms. The summed E-state index contributed by atoms with van der Waals surface area (Å²) in [5.74, 6) is 0.262. The van der Waals surface area contributed by atoms with E-state index in [1.807, 2.05) is 24.9 Å². The maximum Gasteiger partial charge on any atom is 0.328 e. The SMILES string of the molecule is CCC(SCCNc1cc(NC(=O)N2CCCc3cc(CN4CCN(C)CC4=O)c(C=O)nc32)ncc1C#N)C(=O)O. The first-order valence-electron chi connectivity index (χ1n) is 13.7. The molecule has 0 saturated carbocycles. The van der Waals surface area contributed by atoms with Gasteiger partial charge in [-0.05, 0) is 37.9 Å². The minimum absolute atomic E-state index is 0.00716. The molecule has 13 nitrogen and oxygen atoms in total. The molecule has 0 spiro atoms. The highest BCUT2D eigenvalue weighted by Gasteiger charge is 2.28. The first-order chi connectivity index (χ1) is 20.2. The Bertz CT molecular complexity index is 1400. The molecule has 2 aromatic heterocycles. The first kappa shape index (κ1) is 30.7. The second kappa shape index (κ2) is 14.1. The van der Waals surface area contributed by atoms with Crippen molar-refractivity contribution < 1.29 is 24.3 Å². The standard InChI is InChI=1S/C28H34N8O5S/c1-3-23(27(39)40)42-10-6-30-21-12-24(31-14-20(21)13-29)33-28(41)36-7-4-5-18-11-19(22(17-37)32-26(18)36)15-35-9-8-34(2)16-25(35)38/h11-12,14,17,23H,3-10,15-16H2,1-2H3,(H,39,40)(H2,30,31,33,41). The summed E-state index contributed by atoms with van der Waals surface area (Å²) in [6.07, 6.45) is 3.88. The van der Waals surface area contributed by atoms with Gasteiger partial charge in [0, 0.05) is 56.3 Å². The largest absolute Gasteiger partial charge is 0.480 e. The smallest absolute Gasteiger partial charge is 0.328 e. The van der Waals surface area contributed by atoms with Gasteiger partial charge in [-0.1, -0.05) is 6.92 Å². The van der Waals surface area contributed by atoms with Crippen molar-refractivity contribution in [3.8, 4) is 6.07 Å². The molecule has 1 atom stereocenters. The fraction of sp³-hybridized carbons (Fsp3) is 0.464. The number of carbonyl (C=O) groups excluding carboxylic acids is 3. The summed E-state index contributed by atoms with van der Waals surface area (Å²) in [6.45, 7) is 4.54. The van der Waals surface area contributed by atoms with Crippen LogP contribution in [0, 0.1) is 11.3 Å². The zero-order valence-electron chi connectivity index (χ0n) is 23.6. The fourth-order valence-electron chi connectivity index (χ4n) is 4.87. The van der Waals surface area contributed by atoms with Gasteiger partial charge >= 0.3 is 12.0 Å².